The molecule has 0 aliphatic rings. The third-order valence-corrected chi connectivity index (χ3v) is 4.72. The normalized spacial score (nSPS) is 10.6. The lowest BCUT2D eigenvalue weighted by Crippen LogP contribution is -2.26. The van der Waals surface area contributed by atoms with Crippen LogP contribution < -0.4 is 10.1 Å². The predicted octanol–water partition coefficient (Wildman–Crippen LogP) is 3.92. The molecule has 1 amide bonds. The van der Waals surface area contributed by atoms with Crippen molar-refractivity contribution in [1.82, 2.24) is 20.1 Å². The van der Waals surface area contributed by atoms with E-state index in [1.54, 1.807) is 18.0 Å². The number of aromatic nitrogens is 3. The first kappa shape index (κ1) is 19.4. The Kier molecular flexibility index (Phi) is 5.85. The molecular weight excluding hydrogens is 376 g/mol. The van der Waals surface area contributed by atoms with Crippen molar-refractivity contribution in [2.75, 3.05) is 13.7 Å². The lowest BCUT2D eigenvalue weighted by molar-refractivity contribution is 0.0948. The number of rotatable bonds is 7. The first-order chi connectivity index (χ1) is 14.7. The Bertz CT molecular complexity index is 1110. The maximum absolute atomic E-state index is 12.7. The molecule has 0 radical (unpaired) electrons. The van der Waals surface area contributed by atoms with Gasteiger partial charge in [-0.15, -0.1) is 0 Å². The second-order valence-corrected chi connectivity index (χ2v) is 6.72. The van der Waals surface area contributed by atoms with E-state index >= 15 is 0 Å². The summed E-state index contributed by atoms with van der Waals surface area (Å²) in [6.07, 6.45) is 2.41. The summed E-state index contributed by atoms with van der Waals surface area (Å²) in [6.45, 7) is 0.492. The number of nitrogens with one attached hydrogen (secondary N) is 1. The van der Waals surface area contributed by atoms with Gasteiger partial charge in [-0.3, -0.25) is 9.78 Å². The highest BCUT2D eigenvalue weighted by Gasteiger charge is 2.16. The number of methoxy groups -OCH3 is 1. The molecule has 6 heteroatoms. The van der Waals surface area contributed by atoms with E-state index in [2.05, 4.69) is 15.4 Å². The molecule has 0 spiro atoms. The van der Waals surface area contributed by atoms with Gasteiger partial charge in [0.25, 0.3) is 5.91 Å². The molecule has 0 unspecified atom stereocenters. The molecule has 0 bridgehead atoms. The summed E-state index contributed by atoms with van der Waals surface area (Å²) >= 11 is 0. The topological polar surface area (TPSA) is 69.0 Å². The zero-order valence-electron chi connectivity index (χ0n) is 16.7. The van der Waals surface area contributed by atoms with Crippen molar-refractivity contribution in [2.24, 2.45) is 0 Å². The van der Waals surface area contributed by atoms with Crippen LogP contribution in [0.5, 0.6) is 5.75 Å². The maximum Gasteiger partial charge on any atom is 0.271 e. The Morgan fingerprint density at radius 3 is 2.47 bits per heavy atom. The van der Waals surface area contributed by atoms with Crippen molar-refractivity contribution in [3.05, 3.63) is 96.4 Å². The van der Waals surface area contributed by atoms with Gasteiger partial charge in [-0.25, -0.2) is 4.68 Å². The minimum Gasteiger partial charge on any atom is -0.497 e. The van der Waals surface area contributed by atoms with Gasteiger partial charge >= 0.3 is 0 Å². The Morgan fingerprint density at radius 2 is 1.77 bits per heavy atom. The standard InChI is InChI=1S/C24H22N4O2/c1-30-21-12-10-18(11-13-21)23-17-22(27-28(23)20-8-3-2-4-9-20)24(29)26-16-14-19-7-5-6-15-25-19/h2-13,15,17H,14,16H2,1H3,(H,26,29). The van der Waals surface area contributed by atoms with Crippen LogP contribution in [0.3, 0.4) is 0 Å². The van der Waals surface area contributed by atoms with Crippen molar-refractivity contribution in [3.8, 4) is 22.7 Å². The summed E-state index contributed by atoms with van der Waals surface area (Å²) in [5.74, 6) is 0.562. The highest BCUT2D eigenvalue weighted by atomic mass is 16.5. The monoisotopic (exact) mass is 398 g/mol. The second-order valence-electron chi connectivity index (χ2n) is 6.72. The van der Waals surface area contributed by atoms with Gasteiger partial charge in [-0.1, -0.05) is 24.3 Å². The average molecular weight is 398 g/mol. The highest BCUT2D eigenvalue weighted by Crippen LogP contribution is 2.26. The number of carbonyl (C=O) groups is 1. The molecular formula is C24H22N4O2. The summed E-state index contributed by atoms with van der Waals surface area (Å²) in [7, 11) is 1.64. The molecule has 2 aromatic heterocycles. The van der Waals surface area contributed by atoms with Crippen LogP contribution in [-0.2, 0) is 6.42 Å². The highest BCUT2D eigenvalue weighted by molar-refractivity contribution is 5.93. The fraction of sp³-hybridized carbons (Fsp3) is 0.125. The van der Waals surface area contributed by atoms with Gasteiger partial charge in [-0.2, -0.15) is 5.10 Å². The molecule has 1 N–H and O–H groups in total. The average Bonchev–Trinajstić information content (AvgIpc) is 3.26. The van der Waals surface area contributed by atoms with Gasteiger partial charge in [0.2, 0.25) is 0 Å². The van der Waals surface area contributed by atoms with Crippen molar-refractivity contribution < 1.29 is 9.53 Å². The molecule has 0 saturated carbocycles. The maximum atomic E-state index is 12.7. The van der Waals surface area contributed by atoms with Crippen molar-refractivity contribution in [3.63, 3.8) is 0 Å². The lowest BCUT2D eigenvalue weighted by atomic mass is 10.1. The number of hydrogen-bond acceptors (Lipinski definition) is 4. The number of amides is 1. The minimum absolute atomic E-state index is 0.213. The second kappa shape index (κ2) is 9.05. The van der Waals surface area contributed by atoms with Crippen molar-refractivity contribution in [2.45, 2.75) is 6.42 Å². The third kappa shape index (κ3) is 4.38. The molecule has 0 aliphatic carbocycles. The molecule has 0 aliphatic heterocycles. The number of benzene rings is 2. The van der Waals surface area contributed by atoms with E-state index in [4.69, 9.17) is 4.74 Å². The van der Waals surface area contributed by atoms with Crippen LogP contribution in [0.1, 0.15) is 16.2 Å². The smallest absolute Gasteiger partial charge is 0.271 e. The quantitative estimate of drug-likeness (QED) is 0.512. The van der Waals surface area contributed by atoms with Crippen LogP contribution in [-0.4, -0.2) is 34.3 Å². The molecule has 30 heavy (non-hydrogen) atoms. The SMILES string of the molecule is COc1ccc(-c2cc(C(=O)NCCc3ccccn3)nn2-c2ccccc2)cc1. The molecule has 150 valence electrons. The summed E-state index contributed by atoms with van der Waals surface area (Å²) in [6, 6.07) is 25.0. The number of hydrogen-bond donors (Lipinski definition) is 1. The first-order valence-corrected chi connectivity index (χ1v) is 9.72. The predicted molar refractivity (Wildman–Crippen MR) is 116 cm³/mol. The Hall–Kier alpha value is -3.93. The van der Waals surface area contributed by atoms with Gasteiger partial charge in [0.15, 0.2) is 5.69 Å². The molecule has 0 atom stereocenters. The van der Waals surface area contributed by atoms with Gasteiger partial charge in [0, 0.05) is 30.4 Å². The third-order valence-electron chi connectivity index (χ3n) is 4.72. The minimum atomic E-state index is -0.213. The van der Waals surface area contributed by atoms with E-state index in [1.165, 1.54) is 0 Å². The van der Waals surface area contributed by atoms with Crippen LogP contribution in [0.25, 0.3) is 16.9 Å². The van der Waals surface area contributed by atoms with Gasteiger partial charge in [0.1, 0.15) is 5.75 Å². The summed E-state index contributed by atoms with van der Waals surface area (Å²) in [5.41, 5.74) is 3.96. The fourth-order valence-electron chi connectivity index (χ4n) is 3.17. The van der Waals surface area contributed by atoms with E-state index in [-0.39, 0.29) is 5.91 Å². The molecule has 4 rings (SSSR count). The molecule has 6 nitrogen and oxygen atoms in total. The number of nitrogens with zero attached hydrogens (tertiary/aromatic N) is 3. The summed E-state index contributed by atoms with van der Waals surface area (Å²) < 4.78 is 7.04. The Morgan fingerprint density at radius 1 is 1.00 bits per heavy atom. The van der Waals surface area contributed by atoms with Crippen LogP contribution in [0.15, 0.2) is 85.1 Å². The van der Waals surface area contributed by atoms with Crippen LogP contribution >= 0.6 is 0 Å². The molecule has 2 aromatic carbocycles. The number of ether oxygens (including phenoxy) is 1. The zero-order chi connectivity index (χ0) is 20.8. The van der Waals surface area contributed by atoms with Crippen LogP contribution in [0.4, 0.5) is 0 Å². The van der Waals surface area contributed by atoms with Crippen LogP contribution in [0.2, 0.25) is 0 Å². The van der Waals surface area contributed by atoms with Gasteiger partial charge in [0.05, 0.1) is 18.5 Å². The van der Waals surface area contributed by atoms with E-state index in [0.29, 0.717) is 18.7 Å². The van der Waals surface area contributed by atoms with E-state index in [0.717, 1.165) is 28.4 Å². The largest absolute Gasteiger partial charge is 0.497 e. The zero-order valence-corrected chi connectivity index (χ0v) is 16.7. The molecule has 2 heterocycles. The first-order valence-electron chi connectivity index (χ1n) is 9.72. The van der Waals surface area contributed by atoms with Crippen LogP contribution in [0, 0.1) is 0 Å². The Labute approximate surface area is 175 Å². The lowest BCUT2D eigenvalue weighted by Gasteiger charge is -2.08. The summed E-state index contributed by atoms with van der Waals surface area (Å²) in [5, 5.41) is 7.52. The molecule has 4 aromatic rings. The van der Waals surface area contributed by atoms with Crippen molar-refractivity contribution >= 4 is 5.91 Å². The fourth-order valence-corrected chi connectivity index (χ4v) is 3.17. The Balaban J connectivity index is 1.59. The number of para-hydroxylation sites is 1. The van der Waals surface area contributed by atoms with E-state index in [1.807, 2.05) is 78.9 Å². The van der Waals surface area contributed by atoms with Gasteiger partial charge in [-0.05, 0) is 54.6 Å². The van der Waals surface area contributed by atoms with E-state index in [9.17, 15) is 4.79 Å². The van der Waals surface area contributed by atoms with Gasteiger partial charge < -0.3 is 10.1 Å². The number of pyridine rings is 1. The van der Waals surface area contributed by atoms with E-state index < -0.39 is 0 Å². The number of carbonyl (C=O) groups excluding carboxylic acids is 1. The van der Waals surface area contributed by atoms with Crippen molar-refractivity contribution in [1.29, 1.82) is 0 Å². The summed E-state index contributed by atoms with van der Waals surface area (Å²) in [4.78, 5) is 17.0. The molecule has 0 saturated heterocycles. The molecule has 0 fully saturated rings.